The van der Waals surface area contributed by atoms with Crippen molar-refractivity contribution < 1.29 is 23.1 Å². The standard InChI is InChI=1S/C13H23N3S2.C2HF3O2/c1-10(13-16-15-11(2)18-13)14-8-9-17-12-6-4-3-5-7-12;3-2(4,5)1(6)7/h10,12,14H,3-9H2,1-2H3;(H,6,7). The smallest absolute Gasteiger partial charge is 0.475 e. The quantitative estimate of drug-likeness (QED) is 0.699. The van der Waals surface area contributed by atoms with Crippen molar-refractivity contribution in [1.82, 2.24) is 15.5 Å². The highest BCUT2D eigenvalue weighted by atomic mass is 32.2. The molecule has 1 fully saturated rings. The average Bonchev–Trinajstić information content (AvgIpc) is 2.99. The molecule has 1 unspecified atom stereocenters. The number of hydrogen-bond donors (Lipinski definition) is 2. The predicted octanol–water partition coefficient (Wildman–Crippen LogP) is 4.20. The summed E-state index contributed by atoms with van der Waals surface area (Å²) in [5.74, 6) is -1.54. The first kappa shape index (κ1) is 22.2. The van der Waals surface area contributed by atoms with E-state index in [4.69, 9.17) is 9.90 Å². The minimum Gasteiger partial charge on any atom is -0.475 e. The van der Waals surface area contributed by atoms with Gasteiger partial charge in [-0.3, -0.25) is 0 Å². The van der Waals surface area contributed by atoms with Crippen molar-refractivity contribution in [2.24, 2.45) is 0 Å². The lowest BCUT2D eigenvalue weighted by Gasteiger charge is -2.21. The Morgan fingerprint density at radius 2 is 1.96 bits per heavy atom. The Bertz CT molecular complexity index is 520. The van der Waals surface area contributed by atoms with Crippen LogP contribution in [0, 0.1) is 6.92 Å². The minimum atomic E-state index is -5.08. The number of carboxylic acid groups (broad SMARTS) is 1. The van der Waals surface area contributed by atoms with Crippen molar-refractivity contribution in [1.29, 1.82) is 0 Å². The number of carboxylic acids is 1. The summed E-state index contributed by atoms with van der Waals surface area (Å²) in [5, 5.41) is 22.0. The molecule has 10 heteroatoms. The maximum absolute atomic E-state index is 10.6. The summed E-state index contributed by atoms with van der Waals surface area (Å²) < 4.78 is 31.7. The zero-order chi connectivity index (χ0) is 18.9. The molecule has 1 atom stereocenters. The van der Waals surface area contributed by atoms with Gasteiger partial charge in [-0.2, -0.15) is 24.9 Å². The first-order chi connectivity index (χ1) is 11.7. The van der Waals surface area contributed by atoms with Crippen LogP contribution in [0.5, 0.6) is 0 Å². The summed E-state index contributed by atoms with van der Waals surface area (Å²) >= 11 is 3.84. The molecule has 144 valence electrons. The number of halogens is 3. The van der Waals surface area contributed by atoms with Gasteiger partial charge in [-0.15, -0.1) is 21.5 Å². The van der Waals surface area contributed by atoms with Gasteiger partial charge >= 0.3 is 12.1 Å². The Labute approximate surface area is 153 Å². The number of nitrogens with one attached hydrogen (secondary N) is 1. The normalized spacial score (nSPS) is 16.8. The molecular formula is C15H24F3N3O2S2. The molecule has 1 heterocycles. The zero-order valence-electron chi connectivity index (χ0n) is 14.3. The van der Waals surface area contributed by atoms with E-state index < -0.39 is 12.1 Å². The van der Waals surface area contributed by atoms with Gasteiger partial charge in [-0.25, -0.2) is 4.79 Å². The second kappa shape index (κ2) is 11.0. The lowest BCUT2D eigenvalue weighted by Crippen LogP contribution is -2.22. The number of hydrogen-bond acceptors (Lipinski definition) is 6. The van der Waals surface area contributed by atoms with Crippen LogP contribution in [0.4, 0.5) is 13.2 Å². The second-order valence-corrected chi connectivity index (χ2v) is 8.39. The average molecular weight is 400 g/mol. The topological polar surface area (TPSA) is 75.1 Å². The van der Waals surface area contributed by atoms with E-state index in [1.807, 2.05) is 6.92 Å². The number of nitrogens with zero attached hydrogens (tertiary/aromatic N) is 2. The monoisotopic (exact) mass is 399 g/mol. The zero-order valence-corrected chi connectivity index (χ0v) is 15.9. The second-order valence-electron chi connectivity index (χ2n) is 5.77. The molecule has 1 aromatic heterocycles. The number of rotatable bonds is 6. The summed E-state index contributed by atoms with van der Waals surface area (Å²) in [5.41, 5.74) is 0. The van der Waals surface area contributed by atoms with E-state index in [1.165, 1.54) is 37.9 Å². The Morgan fingerprint density at radius 1 is 1.36 bits per heavy atom. The SMILES string of the molecule is Cc1nnc(C(C)NCCSC2CCCCC2)s1.O=C(O)C(F)(F)F. The van der Waals surface area contributed by atoms with Crippen LogP contribution in [0.25, 0.3) is 0 Å². The van der Waals surface area contributed by atoms with Crippen LogP contribution in [0.15, 0.2) is 0 Å². The molecule has 0 radical (unpaired) electrons. The molecule has 1 aromatic rings. The van der Waals surface area contributed by atoms with E-state index in [9.17, 15) is 13.2 Å². The highest BCUT2D eigenvalue weighted by molar-refractivity contribution is 7.99. The van der Waals surface area contributed by atoms with Gasteiger partial charge in [-0.05, 0) is 26.7 Å². The third-order valence-corrected chi connectivity index (χ3v) is 6.02. The molecule has 1 aliphatic rings. The van der Waals surface area contributed by atoms with Gasteiger partial charge < -0.3 is 10.4 Å². The fraction of sp³-hybridized carbons (Fsp3) is 0.800. The molecule has 25 heavy (non-hydrogen) atoms. The van der Waals surface area contributed by atoms with Crippen molar-refractivity contribution in [3.05, 3.63) is 10.0 Å². The Morgan fingerprint density at radius 3 is 2.44 bits per heavy atom. The van der Waals surface area contributed by atoms with Crippen LogP contribution in [0.1, 0.15) is 55.1 Å². The number of alkyl halides is 3. The summed E-state index contributed by atoms with van der Waals surface area (Å²) in [6, 6.07) is 0.336. The van der Waals surface area contributed by atoms with E-state index in [0.29, 0.717) is 6.04 Å². The molecule has 5 nitrogen and oxygen atoms in total. The summed E-state index contributed by atoms with van der Waals surface area (Å²) in [4.78, 5) is 8.90. The molecule has 1 saturated carbocycles. The highest BCUT2D eigenvalue weighted by Crippen LogP contribution is 2.28. The molecule has 0 amide bonds. The maximum Gasteiger partial charge on any atom is 0.490 e. The molecule has 2 rings (SSSR count). The number of aromatic nitrogens is 2. The molecule has 0 spiro atoms. The predicted molar refractivity (Wildman–Crippen MR) is 94.1 cm³/mol. The van der Waals surface area contributed by atoms with Crippen LogP contribution in [0.3, 0.4) is 0 Å². The third kappa shape index (κ3) is 9.41. The van der Waals surface area contributed by atoms with Gasteiger partial charge in [0.1, 0.15) is 10.0 Å². The molecule has 0 aliphatic heterocycles. The number of carbonyl (C=O) groups is 1. The Balaban J connectivity index is 0.000000381. The Hall–Kier alpha value is -0.870. The molecule has 0 aromatic carbocycles. The van der Waals surface area contributed by atoms with Gasteiger partial charge in [0.15, 0.2) is 0 Å². The lowest BCUT2D eigenvalue weighted by molar-refractivity contribution is -0.192. The van der Waals surface area contributed by atoms with Crippen molar-refractivity contribution in [3.8, 4) is 0 Å². The fourth-order valence-electron chi connectivity index (χ4n) is 2.31. The lowest BCUT2D eigenvalue weighted by atomic mass is 10.0. The number of thioether (sulfide) groups is 1. The van der Waals surface area contributed by atoms with Crippen LogP contribution in [-0.4, -0.2) is 45.0 Å². The van der Waals surface area contributed by atoms with Gasteiger partial charge in [0.25, 0.3) is 0 Å². The fourth-order valence-corrected chi connectivity index (χ4v) is 4.27. The van der Waals surface area contributed by atoms with Crippen LogP contribution in [0.2, 0.25) is 0 Å². The van der Waals surface area contributed by atoms with E-state index >= 15 is 0 Å². The van der Waals surface area contributed by atoms with Crippen LogP contribution >= 0.6 is 23.1 Å². The van der Waals surface area contributed by atoms with Crippen molar-refractivity contribution in [2.45, 2.75) is 63.4 Å². The largest absolute Gasteiger partial charge is 0.490 e. The van der Waals surface area contributed by atoms with Gasteiger partial charge in [0.2, 0.25) is 0 Å². The maximum atomic E-state index is 10.6. The number of aryl methyl sites for hydroxylation is 1. The van der Waals surface area contributed by atoms with E-state index in [2.05, 4.69) is 34.2 Å². The molecular weight excluding hydrogens is 375 g/mol. The highest BCUT2D eigenvalue weighted by Gasteiger charge is 2.38. The van der Waals surface area contributed by atoms with Crippen molar-refractivity contribution in [3.63, 3.8) is 0 Å². The summed E-state index contributed by atoms with van der Waals surface area (Å²) in [7, 11) is 0. The van der Waals surface area contributed by atoms with Gasteiger partial charge in [0.05, 0.1) is 6.04 Å². The van der Waals surface area contributed by atoms with Gasteiger partial charge in [-0.1, -0.05) is 19.3 Å². The first-order valence-electron chi connectivity index (χ1n) is 8.15. The van der Waals surface area contributed by atoms with Crippen LogP contribution in [-0.2, 0) is 4.79 Å². The first-order valence-corrected chi connectivity index (χ1v) is 10.0. The number of aliphatic carboxylic acids is 1. The molecule has 2 N–H and O–H groups in total. The van der Waals surface area contributed by atoms with E-state index in [1.54, 1.807) is 11.3 Å². The summed E-state index contributed by atoms with van der Waals surface area (Å²) in [6.45, 7) is 5.25. The van der Waals surface area contributed by atoms with E-state index in [-0.39, 0.29) is 0 Å². The van der Waals surface area contributed by atoms with Crippen molar-refractivity contribution >= 4 is 29.1 Å². The van der Waals surface area contributed by atoms with E-state index in [0.717, 1.165) is 21.8 Å². The third-order valence-electron chi connectivity index (χ3n) is 3.61. The molecule has 1 aliphatic carbocycles. The minimum absolute atomic E-state index is 0.336. The Kier molecular flexibility index (Phi) is 9.73. The molecule has 0 bridgehead atoms. The van der Waals surface area contributed by atoms with Crippen molar-refractivity contribution in [2.75, 3.05) is 12.3 Å². The van der Waals surface area contributed by atoms with Gasteiger partial charge in [0, 0.05) is 17.5 Å². The summed E-state index contributed by atoms with van der Waals surface area (Å²) in [6.07, 6.45) is 2.09. The molecule has 0 saturated heterocycles. The van der Waals surface area contributed by atoms with Crippen LogP contribution < -0.4 is 5.32 Å².